The fourth-order valence-corrected chi connectivity index (χ4v) is 1.75. The van der Waals surface area contributed by atoms with Gasteiger partial charge in [-0.3, -0.25) is 0 Å². The maximum Gasteiger partial charge on any atom is 0.156 e. The first-order chi connectivity index (χ1) is 7.59. The van der Waals surface area contributed by atoms with Crippen molar-refractivity contribution in [2.45, 2.75) is 26.8 Å². The molecular weight excluding hydrogens is 200 g/mol. The van der Waals surface area contributed by atoms with E-state index < -0.39 is 0 Å². The lowest BCUT2D eigenvalue weighted by Gasteiger charge is -2.01. The smallest absolute Gasteiger partial charge is 0.156 e. The van der Waals surface area contributed by atoms with Gasteiger partial charge in [-0.2, -0.15) is 0 Å². The van der Waals surface area contributed by atoms with Crippen molar-refractivity contribution in [2.75, 3.05) is 0 Å². The van der Waals surface area contributed by atoms with Crippen LogP contribution in [0.3, 0.4) is 0 Å². The van der Waals surface area contributed by atoms with E-state index >= 15 is 0 Å². The number of nitrogens with two attached hydrogens (primary N) is 1. The number of aryl methyl sites for hydroxylation is 1. The van der Waals surface area contributed by atoms with Crippen molar-refractivity contribution in [1.29, 1.82) is 0 Å². The summed E-state index contributed by atoms with van der Waals surface area (Å²) in [5.41, 5.74) is 10.0. The lowest BCUT2D eigenvalue weighted by atomic mass is 10.0. The van der Waals surface area contributed by atoms with E-state index in [2.05, 4.69) is 24.2 Å². The van der Waals surface area contributed by atoms with Crippen LogP contribution < -0.4 is 5.73 Å². The molecule has 0 aliphatic heterocycles. The summed E-state index contributed by atoms with van der Waals surface area (Å²) in [4.78, 5) is 0. The molecule has 0 radical (unpaired) electrons. The number of hydrogen-bond donors (Lipinski definition) is 1. The molecule has 0 spiro atoms. The van der Waals surface area contributed by atoms with Gasteiger partial charge in [-0.25, -0.2) is 0 Å². The molecule has 2 rings (SSSR count). The van der Waals surface area contributed by atoms with Gasteiger partial charge < -0.3 is 10.3 Å². The Morgan fingerprint density at radius 1 is 1.19 bits per heavy atom. The van der Waals surface area contributed by atoms with Gasteiger partial charge in [-0.15, -0.1) is 0 Å². The van der Waals surface area contributed by atoms with E-state index in [0.717, 1.165) is 22.6 Å². The van der Waals surface area contributed by atoms with Crippen LogP contribution >= 0.6 is 0 Å². The summed E-state index contributed by atoms with van der Waals surface area (Å²) in [7, 11) is 0. The van der Waals surface area contributed by atoms with Gasteiger partial charge in [0.05, 0.1) is 6.04 Å². The number of nitrogens with zero attached hydrogens (tertiary/aromatic N) is 1. The molecule has 0 fully saturated rings. The third-order valence-electron chi connectivity index (χ3n) is 2.70. The van der Waals surface area contributed by atoms with Crippen LogP contribution in [-0.4, -0.2) is 5.16 Å². The van der Waals surface area contributed by atoms with Crippen LogP contribution in [0.25, 0.3) is 11.3 Å². The van der Waals surface area contributed by atoms with E-state index in [-0.39, 0.29) is 6.04 Å². The largest absolute Gasteiger partial charge is 0.359 e. The van der Waals surface area contributed by atoms with Crippen molar-refractivity contribution in [3.05, 3.63) is 41.2 Å². The SMILES string of the molecule is Cc1ccc(-c2noc(C(C)N)c2C)cc1. The van der Waals surface area contributed by atoms with Gasteiger partial charge in [-0.1, -0.05) is 35.0 Å². The third-order valence-corrected chi connectivity index (χ3v) is 2.70. The Morgan fingerprint density at radius 3 is 2.31 bits per heavy atom. The van der Waals surface area contributed by atoms with E-state index in [4.69, 9.17) is 10.3 Å². The maximum absolute atomic E-state index is 5.80. The summed E-state index contributed by atoms with van der Waals surface area (Å²) in [6.45, 7) is 5.95. The summed E-state index contributed by atoms with van der Waals surface area (Å²) < 4.78 is 5.27. The Hall–Kier alpha value is -1.61. The highest BCUT2D eigenvalue weighted by Crippen LogP contribution is 2.27. The average Bonchev–Trinajstić information content (AvgIpc) is 2.61. The summed E-state index contributed by atoms with van der Waals surface area (Å²) in [5, 5.41) is 4.08. The zero-order chi connectivity index (χ0) is 11.7. The molecule has 1 aromatic heterocycles. The molecule has 16 heavy (non-hydrogen) atoms. The van der Waals surface area contributed by atoms with Crippen molar-refractivity contribution in [3.8, 4) is 11.3 Å². The highest BCUT2D eigenvalue weighted by molar-refractivity contribution is 5.63. The first-order valence-corrected chi connectivity index (χ1v) is 5.38. The minimum atomic E-state index is -0.119. The monoisotopic (exact) mass is 216 g/mol. The van der Waals surface area contributed by atoms with Gasteiger partial charge >= 0.3 is 0 Å². The first kappa shape index (κ1) is 10.9. The van der Waals surface area contributed by atoms with Gasteiger partial charge in [0.15, 0.2) is 5.76 Å². The lowest BCUT2D eigenvalue weighted by Crippen LogP contribution is -2.04. The van der Waals surface area contributed by atoms with Gasteiger partial charge in [0.1, 0.15) is 5.69 Å². The molecule has 0 aliphatic rings. The Labute approximate surface area is 95.3 Å². The highest BCUT2D eigenvalue weighted by Gasteiger charge is 2.15. The van der Waals surface area contributed by atoms with Gasteiger partial charge in [0.25, 0.3) is 0 Å². The lowest BCUT2D eigenvalue weighted by molar-refractivity contribution is 0.368. The zero-order valence-corrected chi connectivity index (χ0v) is 9.82. The molecule has 2 N–H and O–H groups in total. The van der Waals surface area contributed by atoms with E-state index in [1.165, 1.54) is 5.56 Å². The minimum Gasteiger partial charge on any atom is -0.359 e. The number of aromatic nitrogens is 1. The highest BCUT2D eigenvalue weighted by atomic mass is 16.5. The van der Waals surface area contributed by atoms with Crippen molar-refractivity contribution < 1.29 is 4.52 Å². The second kappa shape index (κ2) is 4.10. The van der Waals surface area contributed by atoms with Crippen molar-refractivity contribution in [1.82, 2.24) is 5.16 Å². The number of hydrogen-bond acceptors (Lipinski definition) is 3. The normalized spacial score (nSPS) is 12.8. The minimum absolute atomic E-state index is 0.119. The second-order valence-corrected chi connectivity index (χ2v) is 4.18. The fourth-order valence-electron chi connectivity index (χ4n) is 1.75. The van der Waals surface area contributed by atoms with Crippen molar-refractivity contribution in [2.24, 2.45) is 5.73 Å². The predicted octanol–water partition coefficient (Wildman–Crippen LogP) is 2.98. The zero-order valence-electron chi connectivity index (χ0n) is 9.82. The van der Waals surface area contributed by atoms with Gasteiger partial charge in [0, 0.05) is 11.1 Å². The summed E-state index contributed by atoms with van der Waals surface area (Å²) in [5.74, 6) is 0.760. The Balaban J connectivity index is 2.45. The van der Waals surface area contributed by atoms with Crippen LogP contribution in [0, 0.1) is 13.8 Å². The van der Waals surface area contributed by atoms with E-state index in [1.54, 1.807) is 0 Å². The molecule has 1 aromatic carbocycles. The van der Waals surface area contributed by atoms with Crippen LogP contribution in [0.15, 0.2) is 28.8 Å². The fraction of sp³-hybridized carbons (Fsp3) is 0.308. The molecule has 0 saturated carbocycles. The van der Waals surface area contributed by atoms with E-state index in [0.29, 0.717) is 0 Å². The van der Waals surface area contributed by atoms with E-state index in [9.17, 15) is 0 Å². The van der Waals surface area contributed by atoms with Crippen molar-refractivity contribution in [3.63, 3.8) is 0 Å². The molecule has 0 aliphatic carbocycles. The second-order valence-electron chi connectivity index (χ2n) is 4.18. The van der Waals surface area contributed by atoms with E-state index in [1.807, 2.05) is 26.0 Å². The van der Waals surface area contributed by atoms with Crippen LogP contribution in [-0.2, 0) is 0 Å². The summed E-state index contributed by atoms with van der Waals surface area (Å²) >= 11 is 0. The van der Waals surface area contributed by atoms with Gasteiger partial charge in [-0.05, 0) is 20.8 Å². The Morgan fingerprint density at radius 2 is 1.81 bits per heavy atom. The summed E-state index contributed by atoms with van der Waals surface area (Å²) in [6, 6.07) is 8.10. The quantitative estimate of drug-likeness (QED) is 0.839. The molecule has 1 unspecified atom stereocenters. The predicted molar refractivity (Wildman–Crippen MR) is 64.0 cm³/mol. The number of rotatable bonds is 2. The molecular formula is C13H16N2O. The molecule has 1 atom stereocenters. The maximum atomic E-state index is 5.80. The topological polar surface area (TPSA) is 52.0 Å². The summed E-state index contributed by atoms with van der Waals surface area (Å²) in [6.07, 6.45) is 0. The first-order valence-electron chi connectivity index (χ1n) is 5.38. The Kier molecular flexibility index (Phi) is 2.79. The third kappa shape index (κ3) is 1.86. The van der Waals surface area contributed by atoms with Crippen molar-refractivity contribution >= 4 is 0 Å². The standard InChI is InChI=1S/C13H16N2O/c1-8-4-6-11(7-5-8)12-9(2)13(10(3)14)16-15-12/h4-7,10H,14H2,1-3H3. The van der Waals surface area contributed by atoms with Crippen LogP contribution in [0.5, 0.6) is 0 Å². The molecule has 2 aromatic rings. The molecule has 0 saturated heterocycles. The van der Waals surface area contributed by atoms with Gasteiger partial charge in [0.2, 0.25) is 0 Å². The van der Waals surface area contributed by atoms with Crippen LogP contribution in [0.2, 0.25) is 0 Å². The molecule has 3 nitrogen and oxygen atoms in total. The Bertz CT molecular complexity index is 483. The number of benzene rings is 1. The van der Waals surface area contributed by atoms with Crippen LogP contribution in [0.1, 0.15) is 29.9 Å². The molecule has 0 amide bonds. The molecule has 1 heterocycles. The molecule has 3 heteroatoms. The average molecular weight is 216 g/mol. The molecule has 0 bridgehead atoms. The molecule has 84 valence electrons. The van der Waals surface area contributed by atoms with Crippen LogP contribution in [0.4, 0.5) is 0 Å².